The summed E-state index contributed by atoms with van der Waals surface area (Å²) >= 11 is 0. The van der Waals surface area contributed by atoms with Crippen LogP contribution in [0.3, 0.4) is 0 Å². The van der Waals surface area contributed by atoms with E-state index < -0.39 is 27.7 Å². The molecule has 2 rings (SSSR count). The topological polar surface area (TPSA) is 79.4 Å². The molecular weight excluding hydrogens is 371 g/mol. The quantitative estimate of drug-likeness (QED) is 0.825. The van der Waals surface area contributed by atoms with Crippen molar-refractivity contribution < 1.29 is 26.4 Å². The molecule has 0 saturated heterocycles. The highest BCUT2D eigenvalue weighted by molar-refractivity contribution is 7.92. The van der Waals surface area contributed by atoms with Gasteiger partial charge in [-0.1, -0.05) is 0 Å². The van der Waals surface area contributed by atoms with Crippen LogP contribution < -0.4 is 9.62 Å². The third-order valence-corrected chi connectivity index (χ3v) is 4.60. The molecule has 10 heteroatoms. The van der Waals surface area contributed by atoms with Crippen LogP contribution in [0.4, 0.5) is 18.9 Å². The molecule has 0 saturated carbocycles. The number of pyridine rings is 1. The monoisotopic (exact) mass is 387 g/mol. The Kier molecular flexibility index (Phi) is 5.86. The highest BCUT2D eigenvalue weighted by Gasteiger charge is 2.30. The van der Waals surface area contributed by atoms with E-state index in [-0.39, 0.29) is 18.8 Å². The summed E-state index contributed by atoms with van der Waals surface area (Å²) in [6.07, 6.45) is -0.702. The third-order valence-electron chi connectivity index (χ3n) is 3.41. The van der Waals surface area contributed by atoms with Crippen molar-refractivity contribution in [1.29, 1.82) is 0 Å². The Morgan fingerprint density at radius 2 is 1.85 bits per heavy atom. The lowest BCUT2D eigenvalue weighted by atomic mass is 10.2. The Balaban J connectivity index is 2.08. The predicted molar refractivity (Wildman–Crippen MR) is 90.2 cm³/mol. The molecule has 1 heterocycles. The van der Waals surface area contributed by atoms with Gasteiger partial charge in [0.1, 0.15) is 0 Å². The van der Waals surface area contributed by atoms with Crippen LogP contribution in [0.25, 0.3) is 0 Å². The third kappa shape index (κ3) is 5.19. The average Bonchev–Trinajstić information content (AvgIpc) is 2.57. The van der Waals surface area contributed by atoms with E-state index in [1.165, 1.54) is 12.4 Å². The summed E-state index contributed by atoms with van der Waals surface area (Å²) in [6.45, 7) is -0.155. The van der Waals surface area contributed by atoms with Gasteiger partial charge < -0.3 is 5.32 Å². The zero-order valence-electron chi connectivity index (χ0n) is 13.7. The Bertz CT molecular complexity index is 854. The van der Waals surface area contributed by atoms with Crippen molar-refractivity contribution in [1.82, 2.24) is 10.3 Å². The lowest BCUT2D eigenvalue weighted by Crippen LogP contribution is -2.38. The number of sulfonamides is 1. The van der Waals surface area contributed by atoms with Crippen molar-refractivity contribution in [3.8, 4) is 0 Å². The van der Waals surface area contributed by atoms with E-state index in [0.29, 0.717) is 5.56 Å². The Morgan fingerprint density at radius 3 is 2.35 bits per heavy atom. The first-order valence-corrected chi connectivity index (χ1v) is 9.27. The number of carbonyl (C=O) groups excluding carboxylic acids is 1. The summed E-state index contributed by atoms with van der Waals surface area (Å²) in [7, 11) is -3.74. The van der Waals surface area contributed by atoms with Crippen molar-refractivity contribution in [3.63, 3.8) is 0 Å². The highest BCUT2D eigenvalue weighted by atomic mass is 32.2. The summed E-state index contributed by atoms with van der Waals surface area (Å²) in [5, 5.41) is 2.54. The predicted octanol–water partition coefficient (Wildman–Crippen LogP) is 2.30. The SMILES string of the molecule is CS(=O)(=O)N(CCNC(=O)c1cccnc1)c1ccc(C(F)(F)F)cc1. The molecule has 2 aromatic rings. The maximum atomic E-state index is 12.6. The molecule has 1 aromatic carbocycles. The van der Waals surface area contributed by atoms with Crippen molar-refractivity contribution >= 4 is 21.6 Å². The fourth-order valence-corrected chi connectivity index (χ4v) is 3.10. The van der Waals surface area contributed by atoms with E-state index in [4.69, 9.17) is 0 Å². The second kappa shape index (κ2) is 7.73. The minimum Gasteiger partial charge on any atom is -0.350 e. The molecule has 26 heavy (non-hydrogen) atoms. The molecule has 1 amide bonds. The maximum absolute atomic E-state index is 12.6. The molecule has 0 radical (unpaired) electrons. The normalized spacial score (nSPS) is 11.8. The van der Waals surface area contributed by atoms with E-state index in [0.717, 1.165) is 34.8 Å². The van der Waals surface area contributed by atoms with Crippen molar-refractivity contribution in [2.75, 3.05) is 23.7 Å². The molecule has 0 atom stereocenters. The number of nitrogens with zero attached hydrogens (tertiary/aromatic N) is 2. The number of hydrogen-bond donors (Lipinski definition) is 1. The summed E-state index contributed by atoms with van der Waals surface area (Å²) < 4.78 is 62.7. The molecule has 0 aliphatic carbocycles. The second-order valence-electron chi connectivity index (χ2n) is 5.38. The van der Waals surface area contributed by atoms with E-state index in [2.05, 4.69) is 10.3 Å². The van der Waals surface area contributed by atoms with Crippen LogP contribution in [0.5, 0.6) is 0 Å². The standard InChI is InChI=1S/C16H16F3N3O3S/c1-26(24,25)22(14-6-4-13(5-7-14)16(17,18)19)10-9-21-15(23)12-3-2-8-20-11-12/h2-8,11H,9-10H2,1H3,(H,21,23). The first-order chi connectivity index (χ1) is 12.1. The van der Waals surface area contributed by atoms with Crippen LogP contribution in [0.15, 0.2) is 48.8 Å². The van der Waals surface area contributed by atoms with Gasteiger partial charge in [0, 0.05) is 18.9 Å². The molecule has 0 fully saturated rings. The molecule has 0 aliphatic rings. The Labute approximate surface area is 148 Å². The molecule has 1 aromatic heterocycles. The van der Waals surface area contributed by atoms with Gasteiger partial charge in [-0.25, -0.2) is 8.42 Å². The second-order valence-corrected chi connectivity index (χ2v) is 7.28. The fraction of sp³-hybridized carbons (Fsp3) is 0.250. The van der Waals surface area contributed by atoms with Crippen LogP contribution in [0.1, 0.15) is 15.9 Å². The van der Waals surface area contributed by atoms with Crippen LogP contribution >= 0.6 is 0 Å². The molecule has 0 aliphatic heterocycles. The maximum Gasteiger partial charge on any atom is 0.416 e. The number of amides is 1. The first-order valence-electron chi connectivity index (χ1n) is 7.42. The van der Waals surface area contributed by atoms with Gasteiger partial charge in [-0.15, -0.1) is 0 Å². The Morgan fingerprint density at radius 1 is 1.19 bits per heavy atom. The van der Waals surface area contributed by atoms with Gasteiger partial charge in [0.15, 0.2) is 0 Å². The van der Waals surface area contributed by atoms with E-state index in [9.17, 15) is 26.4 Å². The number of benzene rings is 1. The number of aromatic nitrogens is 1. The number of halogens is 3. The molecule has 6 nitrogen and oxygen atoms in total. The van der Waals surface area contributed by atoms with Crippen LogP contribution in [0.2, 0.25) is 0 Å². The van der Waals surface area contributed by atoms with Crippen LogP contribution in [-0.2, 0) is 16.2 Å². The van der Waals surface area contributed by atoms with Crippen molar-refractivity contribution in [2.45, 2.75) is 6.18 Å². The molecule has 140 valence electrons. The lowest BCUT2D eigenvalue weighted by Gasteiger charge is -2.23. The largest absolute Gasteiger partial charge is 0.416 e. The van der Waals surface area contributed by atoms with E-state index in [1.807, 2.05) is 0 Å². The van der Waals surface area contributed by atoms with Crippen LogP contribution in [-0.4, -0.2) is 38.7 Å². The summed E-state index contributed by atoms with van der Waals surface area (Å²) in [5.74, 6) is -0.432. The lowest BCUT2D eigenvalue weighted by molar-refractivity contribution is -0.137. The van der Waals surface area contributed by atoms with Gasteiger partial charge in [-0.05, 0) is 36.4 Å². The van der Waals surface area contributed by atoms with Gasteiger partial charge >= 0.3 is 6.18 Å². The summed E-state index contributed by atoms with van der Waals surface area (Å²) in [4.78, 5) is 15.7. The fourth-order valence-electron chi connectivity index (χ4n) is 2.17. The number of carbonyl (C=O) groups is 1. The smallest absolute Gasteiger partial charge is 0.350 e. The Hall–Kier alpha value is -2.62. The van der Waals surface area contributed by atoms with Gasteiger partial charge in [0.2, 0.25) is 10.0 Å². The van der Waals surface area contributed by atoms with Crippen LogP contribution in [0, 0.1) is 0 Å². The van der Waals surface area contributed by atoms with E-state index >= 15 is 0 Å². The first kappa shape index (κ1) is 19.7. The van der Waals surface area contributed by atoms with E-state index in [1.54, 1.807) is 12.1 Å². The number of anilines is 1. The minimum absolute atomic E-state index is 0.0260. The molecule has 0 spiro atoms. The highest BCUT2D eigenvalue weighted by Crippen LogP contribution is 2.30. The number of alkyl halides is 3. The zero-order chi connectivity index (χ0) is 19.4. The summed E-state index contributed by atoms with van der Waals surface area (Å²) in [5.41, 5.74) is -0.483. The molecular formula is C16H16F3N3O3S. The zero-order valence-corrected chi connectivity index (χ0v) is 14.5. The number of nitrogens with one attached hydrogen (secondary N) is 1. The van der Waals surface area contributed by atoms with Gasteiger partial charge in [0.05, 0.1) is 29.6 Å². The number of hydrogen-bond acceptors (Lipinski definition) is 4. The minimum atomic E-state index is -4.51. The van der Waals surface area contributed by atoms with Gasteiger partial charge in [-0.2, -0.15) is 13.2 Å². The van der Waals surface area contributed by atoms with Gasteiger partial charge in [0.25, 0.3) is 5.91 Å². The molecule has 0 bridgehead atoms. The summed E-state index contributed by atoms with van der Waals surface area (Å²) in [6, 6.07) is 6.90. The van der Waals surface area contributed by atoms with Gasteiger partial charge in [-0.3, -0.25) is 14.1 Å². The molecule has 1 N–H and O–H groups in total. The van der Waals surface area contributed by atoms with Crippen molar-refractivity contribution in [3.05, 3.63) is 59.9 Å². The van der Waals surface area contributed by atoms with Crippen molar-refractivity contribution in [2.24, 2.45) is 0 Å². The number of rotatable bonds is 6. The average molecular weight is 387 g/mol. The molecule has 0 unspecified atom stereocenters.